The first-order chi connectivity index (χ1) is 8.65. The van der Waals surface area contributed by atoms with E-state index < -0.39 is 4.92 Å². The van der Waals surface area contributed by atoms with Crippen molar-refractivity contribution < 1.29 is 4.92 Å². The molecule has 18 heavy (non-hydrogen) atoms. The number of imidazole rings is 1. The quantitative estimate of drug-likeness (QED) is 0.632. The van der Waals surface area contributed by atoms with Crippen LogP contribution in [0.15, 0.2) is 24.3 Å². The minimum absolute atomic E-state index is 0.00542. The number of aromatic nitrogens is 2. The zero-order chi connectivity index (χ0) is 13.1. The van der Waals surface area contributed by atoms with Crippen LogP contribution in [-0.2, 0) is 0 Å². The fraction of sp³-hybridized carbons (Fsp3) is 0. The van der Waals surface area contributed by atoms with Gasteiger partial charge >= 0.3 is 0 Å². The summed E-state index contributed by atoms with van der Waals surface area (Å²) in [5.41, 5.74) is 0.613. The van der Waals surface area contributed by atoms with Crippen LogP contribution in [0.2, 0.25) is 0 Å². The summed E-state index contributed by atoms with van der Waals surface area (Å²) >= 11 is 0. The van der Waals surface area contributed by atoms with E-state index in [2.05, 4.69) is 9.97 Å². The topological polar surface area (TPSA) is 119 Å². The molecule has 0 aliphatic rings. The van der Waals surface area contributed by atoms with Crippen LogP contribution >= 0.6 is 0 Å². The number of non-ortho nitro benzene ring substituents is 1. The number of nitriles is 2. The highest BCUT2D eigenvalue weighted by Crippen LogP contribution is 2.20. The molecule has 7 heteroatoms. The van der Waals surface area contributed by atoms with E-state index >= 15 is 0 Å². The first-order valence-electron chi connectivity index (χ1n) is 4.80. The van der Waals surface area contributed by atoms with Crippen LogP contribution < -0.4 is 0 Å². The maximum absolute atomic E-state index is 10.5. The summed E-state index contributed by atoms with van der Waals surface area (Å²) in [5.74, 6) is 0.331. The number of nitrogens with one attached hydrogen (secondary N) is 1. The van der Waals surface area contributed by atoms with Crippen LogP contribution in [0.5, 0.6) is 0 Å². The Balaban J connectivity index is 2.44. The number of nitrogens with zero attached hydrogens (tertiary/aromatic N) is 4. The zero-order valence-corrected chi connectivity index (χ0v) is 8.91. The van der Waals surface area contributed by atoms with Gasteiger partial charge in [-0.25, -0.2) is 4.98 Å². The lowest BCUT2D eigenvalue weighted by Crippen LogP contribution is -1.87. The molecular weight excluding hydrogens is 234 g/mol. The van der Waals surface area contributed by atoms with Crippen molar-refractivity contribution in [3.05, 3.63) is 45.8 Å². The third-order valence-corrected chi connectivity index (χ3v) is 2.27. The van der Waals surface area contributed by atoms with Gasteiger partial charge in [0.2, 0.25) is 0 Å². The highest BCUT2D eigenvalue weighted by molar-refractivity contribution is 5.60. The first kappa shape index (κ1) is 11.3. The average molecular weight is 239 g/mol. The van der Waals surface area contributed by atoms with Crippen molar-refractivity contribution in [1.29, 1.82) is 10.5 Å². The van der Waals surface area contributed by atoms with Gasteiger partial charge in [-0.05, 0) is 12.1 Å². The SMILES string of the molecule is N#Cc1nc(-c2ccc([N+](=O)[O-])cc2)[nH]c1C#N. The number of nitro benzene ring substituents is 1. The van der Waals surface area contributed by atoms with Crippen molar-refractivity contribution in [2.24, 2.45) is 0 Å². The number of aromatic amines is 1. The van der Waals surface area contributed by atoms with Crippen LogP contribution in [0.25, 0.3) is 11.4 Å². The van der Waals surface area contributed by atoms with E-state index in [1.807, 2.05) is 6.07 Å². The van der Waals surface area contributed by atoms with Gasteiger partial charge < -0.3 is 4.98 Å². The second-order valence-corrected chi connectivity index (χ2v) is 3.34. The van der Waals surface area contributed by atoms with Crippen molar-refractivity contribution in [2.45, 2.75) is 0 Å². The number of hydrogen-bond donors (Lipinski definition) is 1. The van der Waals surface area contributed by atoms with Gasteiger partial charge in [-0.2, -0.15) is 10.5 Å². The molecule has 86 valence electrons. The molecule has 0 aliphatic heterocycles. The second kappa shape index (κ2) is 4.36. The number of nitro groups is 1. The van der Waals surface area contributed by atoms with Crippen LogP contribution in [-0.4, -0.2) is 14.9 Å². The summed E-state index contributed by atoms with van der Waals surface area (Å²) in [6.45, 7) is 0. The summed E-state index contributed by atoms with van der Waals surface area (Å²) in [4.78, 5) is 16.6. The van der Waals surface area contributed by atoms with Crippen LogP contribution in [0.4, 0.5) is 5.69 Å². The Morgan fingerprint density at radius 3 is 2.33 bits per heavy atom. The lowest BCUT2D eigenvalue weighted by Gasteiger charge is -1.95. The largest absolute Gasteiger partial charge is 0.329 e. The molecular formula is C11H5N5O2. The van der Waals surface area contributed by atoms with E-state index in [-0.39, 0.29) is 17.1 Å². The Hall–Kier alpha value is -3.19. The predicted octanol–water partition coefficient (Wildman–Crippen LogP) is 1.73. The zero-order valence-electron chi connectivity index (χ0n) is 8.91. The fourth-order valence-electron chi connectivity index (χ4n) is 1.41. The molecule has 0 fully saturated rings. The Bertz CT molecular complexity index is 656. The second-order valence-electron chi connectivity index (χ2n) is 3.34. The first-order valence-corrected chi connectivity index (χ1v) is 4.80. The van der Waals surface area contributed by atoms with E-state index in [4.69, 9.17) is 10.5 Å². The van der Waals surface area contributed by atoms with Crippen LogP contribution in [0.1, 0.15) is 11.4 Å². The van der Waals surface area contributed by atoms with Crippen LogP contribution in [0.3, 0.4) is 0 Å². The molecule has 1 heterocycles. The monoisotopic (exact) mass is 239 g/mol. The summed E-state index contributed by atoms with van der Waals surface area (Å²) in [7, 11) is 0. The molecule has 0 spiro atoms. The smallest absolute Gasteiger partial charge is 0.269 e. The van der Waals surface area contributed by atoms with Gasteiger partial charge in [0, 0.05) is 17.7 Å². The average Bonchev–Trinajstić information content (AvgIpc) is 2.82. The molecule has 0 atom stereocenters. The Morgan fingerprint density at radius 2 is 1.89 bits per heavy atom. The van der Waals surface area contributed by atoms with Crippen molar-refractivity contribution in [2.75, 3.05) is 0 Å². The maximum Gasteiger partial charge on any atom is 0.269 e. The Morgan fingerprint density at radius 1 is 1.22 bits per heavy atom. The third kappa shape index (κ3) is 1.88. The molecule has 0 aliphatic carbocycles. The molecule has 7 nitrogen and oxygen atoms in total. The van der Waals surface area contributed by atoms with Gasteiger partial charge in [0.05, 0.1) is 4.92 Å². The normalized spacial score (nSPS) is 9.44. The summed E-state index contributed by atoms with van der Waals surface area (Å²) in [6, 6.07) is 9.27. The lowest BCUT2D eigenvalue weighted by atomic mass is 10.2. The molecule has 0 saturated heterocycles. The highest BCUT2D eigenvalue weighted by atomic mass is 16.6. The van der Waals surface area contributed by atoms with Crippen molar-refractivity contribution >= 4 is 5.69 Å². The molecule has 0 saturated carbocycles. The third-order valence-electron chi connectivity index (χ3n) is 2.27. The van der Waals surface area contributed by atoms with Gasteiger partial charge in [-0.3, -0.25) is 10.1 Å². The van der Waals surface area contributed by atoms with Crippen LogP contribution in [0, 0.1) is 32.8 Å². The van der Waals surface area contributed by atoms with Gasteiger partial charge in [-0.1, -0.05) is 0 Å². The molecule has 1 aromatic carbocycles. The van der Waals surface area contributed by atoms with E-state index in [0.717, 1.165) is 0 Å². The summed E-state index contributed by atoms with van der Waals surface area (Å²) < 4.78 is 0. The summed E-state index contributed by atoms with van der Waals surface area (Å²) in [6.07, 6.45) is 0. The predicted molar refractivity (Wildman–Crippen MR) is 60.1 cm³/mol. The molecule has 0 unspecified atom stereocenters. The van der Waals surface area contributed by atoms with Crippen molar-refractivity contribution in [3.63, 3.8) is 0 Å². The van der Waals surface area contributed by atoms with Gasteiger partial charge in [0.25, 0.3) is 5.69 Å². The van der Waals surface area contributed by atoms with E-state index in [0.29, 0.717) is 11.4 Å². The van der Waals surface area contributed by atoms with E-state index in [9.17, 15) is 10.1 Å². The highest BCUT2D eigenvalue weighted by Gasteiger charge is 2.12. The number of benzene rings is 1. The molecule has 2 aromatic rings. The minimum Gasteiger partial charge on any atom is -0.329 e. The Kier molecular flexibility index (Phi) is 2.73. The molecule has 0 amide bonds. The molecule has 0 radical (unpaired) electrons. The van der Waals surface area contributed by atoms with E-state index in [1.54, 1.807) is 6.07 Å². The number of hydrogen-bond acceptors (Lipinski definition) is 5. The standard InChI is InChI=1S/C11H5N5O2/c12-5-9-10(6-13)15-11(14-9)7-1-3-8(4-2-7)16(17)18/h1-4H,(H,14,15). The molecule has 2 rings (SSSR count). The van der Waals surface area contributed by atoms with Crippen molar-refractivity contribution in [3.8, 4) is 23.5 Å². The fourth-order valence-corrected chi connectivity index (χ4v) is 1.41. The van der Waals surface area contributed by atoms with Crippen molar-refractivity contribution in [1.82, 2.24) is 9.97 Å². The molecule has 1 aromatic heterocycles. The van der Waals surface area contributed by atoms with Gasteiger partial charge in [0.15, 0.2) is 11.4 Å². The van der Waals surface area contributed by atoms with Gasteiger partial charge in [0.1, 0.15) is 18.0 Å². The number of H-pyrrole nitrogens is 1. The van der Waals surface area contributed by atoms with E-state index in [1.165, 1.54) is 24.3 Å². The molecule has 1 N–H and O–H groups in total. The molecule has 0 bridgehead atoms. The maximum atomic E-state index is 10.5. The van der Waals surface area contributed by atoms with Gasteiger partial charge in [-0.15, -0.1) is 0 Å². The Labute approximate surface area is 101 Å². The minimum atomic E-state index is -0.507. The lowest BCUT2D eigenvalue weighted by molar-refractivity contribution is -0.384. The summed E-state index contributed by atoms with van der Waals surface area (Å²) in [5, 5.41) is 28.0. The number of rotatable bonds is 2.